The summed E-state index contributed by atoms with van der Waals surface area (Å²) in [5.74, 6) is -0.122. The van der Waals surface area contributed by atoms with E-state index in [0.29, 0.717) is 5.56 Å². The number of benzene rings is 1. The Morgan fingerprint density at radius 1 is 1.21 bits per heavy atom. The zero-order chi connectivity index (χ0) is 18.1. The normalized spacial score (nSPS) is 11.3. The van der Waals surface area contributed by atoms with Crippen molar-refractivity contribution < 1.29 is 22.7 Å². The molecular formula is C15H13ClF3N3O2. The fraction of sp³-hybridized carbons (Fsp3) is 0.267. The van der Waals surface area contributed by atoms with Gasteiger partial charge in [-0.2, -0.15) is 23.1 Å². The van der Waals surface area contributed by atoms with Gasteiger partial charge in [-0.3, -0.25) is 4.79 Å². The number of anilines is 1. The Kier molecular flexibility index (Phi) is 4.98. The molecule has 2 aromatic rings. The molecule has 0 aliphatic rings. The molecule has 1 aromatic carbocycles. The van der Waals surface area contributed by atoms with Gasteiger partial charge in [-0.1, -0.05) is 11.6 Å². The van der Waals surface area contributed by atoms with Crippen molar-refractivity contribution in [2.24, 2.45) is 0 Å². The van der Waals surface area contributed by atoms with Gasteiger partial charge in [0.05, 0.1) is 5.02 Å². The average molecular weight is 360 g/mol. The SMILES string of the molecule is CC(=O)c1ccc(Oc2nc(N(C)C)cc(C(F)(F)F)n2)c(Cl)c1. The second kappa shape index (κ2) is 6.64. The standard InChI is InChI=1S/C15H13ClF3N3O2/c1-8(23)9-4-5-11(10(16)6-9)24-14-20-12(15(17,18)19)7-13(21-14)22(2)3/h4-7H,1-3H3. The van der Waals surface area contributed by atoms with E-state index < -0.39 is 17.9 Å². The van der Waals surface area contributed by atoms with E-state index in [2.05, 4.69) is 9.97 Å². The predicted molar refractivity (Wildman–Crippen MR) is 82.9 cm³/mol. The summed E-state index contributed by atoms with van der Waals surface area (Å²) in [4.78, 5) is 20.0. The molecule has 24 heavy (non-hydrogen) atoms. The van der Waals surface area contributed by atoms with Crippen molar-refractivity contribution in [2.75, 3.05) is 19.0 Å². The van der Waals surface area contributed by atoms with Crippen molar-refractivity contribution >= 4 is 23.2 Å². The molecule has 0 aliphatic carbocycles. The van der Waals surface area contributed by atoms with Crippen LogP contribution in [0.2, 0.25) is 5.02 Å². The number of ether oxygens (including phenoxy) is 1. The molecule has 9 heteroatoms. The third-order valence-corrected chi connectivity index (χ3v) is 3.28. The molecule has 0 radical (unpaired) electrons. The van der Waals surface area contributed by atoms with E-state index in [1.807, 2.05) is 0 Å². The highest BCUT2D eigenvalue weighted by Gasteiger charge is 2.34. The molecule has 2 rings (SSSR count). The lowest BCUT2D eigenvalue weighted by Gasteiger charge is -2.15. The molecule has 0 atom stereocenters. The molecule has 0 amide bonds. The summed E-state index contributed by atoms with van der Waals surface area (Å²) in [6.07, 6.45) is -4.64. The number of rotatable bonds is 4. The molecule has 0 spiro atoms. The van der Waals surface area contributed by atoms with E-state index in [1.54, 1.807) is 14.1 Å². The molecule has 0 fully saturated rings. The van der Waals surface area contributed by atoms with Crippen LogP contribution in [0, 0.1) is 0 Å². The Morgan fingerprint density at radius 3 is 2.38 bits per heavy atom. The highest BCUT2D eigenvalue weighted by molar-refractivity contribution is 6.32. The van der Waals surface area contributed by atoms with Crippen molar-refractivity contribution in [3.8, 4) is 11.8 Å². The minimum atomic E-state index is -4.64. The number of halogens is 4. The van der Waals surface area contributed by atoms with Gasteiger partial charge in [0, 0.05) is 25.7 Å². The number of carbonyl (C=O) groups excluding carboxylic acids is 1. The summed E-state index contributed by atoms with van der Waals surface area (Å²) in [6, 6.07) is 4.50. The maximum absolute atomic E-state index is 12.9. The summed E-state index contributed by atoms with van der Waals surface area (Å²) in [7, 11) is 3.09. The van der Waals surface area contributed by atoms with Crippen molar-refractivity contribution in [3.05, 3.63) is 40.5 Å². The first kappa shape index (κ1) is 18.0. The molecule has 1 heterocycles. The lowest BCUT2D eigenvalue weighted by molar-refractivity contribution is -0.141. The molecule has 0 saturated heterocycles. The van der Waals surface area contributed by atoms with Crippen LogP contribution in [0.3, 0.4) is 0 Å². The van der Waals surface area contributed by atoms with Crippen LogP contribution in [0.4, 0.5) is 19.0 Å². The largest absolute Gasteiger partial charge is 0.433 e. The van der Waals surface area contributed by atoms with Gasteiger partial charge < -0.3 is 9.64 Å². The van der Waals surface area contributed by atoms with Crippen molar-refractivity contribution in [1.82, 2.24) is 9.97 Å². The van der Waals surface area contributed by atoms with E-state index in [4.69, 9.17) is 16.3 Å². The minimum Gasteiger partial charge on any atom is -0.423 e. The zero-order valence-electron chi connectivity index (χ0n) is 13.0. The van der Waals surface area contributed by atoms with Crippen LogP contribution in [-0.4, -0.2) is 29.8 Å². The van der Waals surface area contributed by atoms with Crippen molar-refractivity contribution in [3.63, 3.8) is 0 Å². The van der Waals surface area contributed by atoms with E-state index in [0.717, 1.165) is 6.07 Å². The van der Waals surface area contributed by atoms with Gasteiger partial charge in [0.2, 0.25) is 0 Å². The number of hydrogen-bond donors (Lipinski definition) is 0. The summed E-state index contributed by atoms with van der Waals surface area (Å²) in [6.45, 7) is 1.37. The third-order valence-electron chi connectivity index (χ3n) is 2.98. The van der Waals surface area contributed by atoms with Gasteiger partial charge >= 0.3 is 12.2 Å². The van der Waals surface area contributed by atoms with Crippen LogP contribution in [0.5, 0.6) is 11.8 Å². The number of alkyl halides is 3. The molecule has 0 aliphatic heterocycles. The van der Waals surface area contributed by atoms with E-state index >= 15 is 0 Å². The summed E-state index contributed by atoms with van der Waals surface area (Å²) < 4.78 is 44.1. The summed E-state index contributed by atoms with van der Waals surface area (Å²) in [5, 5.41) is 0.0649. The smallest absolute Gasteiger partial charge is 0.423 e. The Hall–Kier alpha value is -2.35. The molecule has 0 N–H and O–H groups in total. The highest BCUT2D eigenvalue weighted by Crippen LogP contribution is 2.33. The van der Waals surface area contributed by atoms with Gasteiger partial charge in [-0.25, -0.2) is 0 Å². The van der Waals surface area contributed by atoms with E-state index in [9.17, 15) is 18.0 Å². The maximum atomic E-state index is 12.9. The van der Waals surface area contributed by atoms with Crippen LogP contribution >= 0.6 is 11.6 Å². The minimum absolute atomic E-state index is 0.0313. The number of aromatic nitrogens is 2. The molecule has 0 bridgehead atoms. The van der Waals surface area contributed by atoms with Gasteiger partial charge in [-0.15, -0.1) is 0 Å². The number of carbonyl (C=O) groups is 1. The lowest BCUT2D eigenvalue weighted by atomic mass is 10.1. The Bertz CT molecular complexity index is 779. The fourth-order valence-electron chi connectivity index (χ4n) is 1.73. The summed E-state index contributed by atoms with van der Waals surface area (Å²) >= 11 is 5.99. The van der Waals surface area contributed by atoms with Crippen LogP contribution in [0.1, 0.15) is 23.0 Å². The molecule has 1 aromatic heterocycles. The topological polar surface area (TPSA) is 55.3 Å². The van der Waals surface area contributed by atoms with Crippen molar-refractivity contribution in [1.29, 1.82) is 0 Å². The Balaban J connectivity index is 2.42. The van der Waals surface area contributed by atoms with Gasteiger partial charge in [-0.05, 0) is 25.1 Å². The molecule has 0 unspecified atom stereocenters. The van der Waals surface area contributed by atoms with Crippen LogP contribution in [-0.2, 0) is 6.18 Å². The average Bonchev–Trinajstić information content (AvgIpc) is 2.47. The van der Waals surface area contributed by atoms with Crippen molar-refractivity contribution in [2.45, 2.75) is 13.1 Å². The van der Waals surface area contributed by atoms with Gasteiger partial charge in [0.1, 0.15) is 11.6 Å². The highest BCUT2D eigenvalue weighted by atomic mass is 35.5. The number of ketones is 1. The molecular weight excluding hydrogens is 347 g/mol. The Morgan fingerprint density at radius 2 is 1.88 bits per heavy atom. The second-order valence-electron chi connectivity index (χ2n) is 5.09. The predicted octanol–water partition coefficient (Wildman–Crippen LogP) is 4.21. The third kappa shape index (κ3) is 4.14. The molecule has 0 saturated carbocycles. The van der Waals surface area contributed by atoms with Crippen LogP contribution < -0.4 is 9.64 Å². The molecule has 128 valence electrons. The monoisotopic (exact) mass is 359 g/mol. The Labute approximate surface area is 141 Å². The molecule has 5 nitrogen and oxygen atoms in total. The van der Waals surface area contributed by atoms with E-state index in [1.165, 1.54) is 30.0 Å². The first-order valence-electron chi connectivity index (χ1n) is 6.70. The number of Topliss-reactive ketones (excluding diaryl/α,β-unsaturated/α-hetero) is 1. The van der Waals surface area contributed by atoms with Crippen LogP contribution in [0.25, 0.3) is 0 Å². The first-order valence-corrected chi connectivity index (χ1v) is 7.07. The quantitative estimate of drug-likeness (QED) is 0.765. The second-order valence-corrected chi connectivity index (χ2v) is 5.50. The fourth-order valence-corrected chi connectivity index (χ4v) is 1.95. The number of hydrogen-bond acceptors (Lipinski definition) is 5. The van der Waals surface area contributed by atoms with Gasteiger partial charge in [0.25, 0.3) is 0 Å². The number of nitrogens with zero attached hydrogens (tertiary/aromatic N) is 3. The maximum Gasteiger partial charge on any atom is 0.433 e. The zero-order valence-corrected chi connectivity index (χ0v) is 13.7. The first-order chi connectivity index (χ1) is 11.1. The van der Waals surface area contributed by atoms with Crippen LogP contribution in [0.15, 0.2) is 24.3 Å². The lowest BCUT2D eigenvalue weighted by Crippen LogP contribution is -2.16. The summed E-state index contributed by atoms with van der Waals surface area (Å²) in [5.41, 5.74) is -0.779. The van der Waals surface area contributed by atoms with Gasteiger partial charge in [0.15, 0.2) is 11.5 Å². The van der Waals surface area contributed by atoms with E-state index in [-0.39, 0.29) is 22.4 Å².